The molecule has 2 saturated heterocycles. The standard InChI is InChI=1S/C25H33N3O5S/c1-2-33-22-7-5-21(6-8-22)25(11-16-32-17-12-25)19-27-24(29)20-9-14-28(15-10-20)34(30,31)23-4-3-13-26-18-23/h3-8,13,18,20H,2,9-12,14-17,19H2,1H3,(H,27,29). The van der Waals surface area contributed by atoms with Crippen LogP contribution in [0.2, 0.25) is 0 Å². The van der Waals surface area contributed by atoms with Gasteiger partial charge in [-0.05, 0) is 62.4 Å². The zero-order valence-electron chi connectivity index (χ0n) is 19.6. The summed E-state index contributed by atoms with van der Waals surface area (Å²) in [6.45, 7) is 5.10. The zero-order chi connectivity index (χ0) is 24.0. The Balaban J connectivity index is 1.36. The number of nitrogens with one attached hydrogen (secondary N) is 1. The molecule has 2 aliphatic rings. The fourth-order valence-electron chi connectivity index (χ4n) is 4.81. The van der Waals surface area contributed by atoms with Crippen molar-refractivity contribution in [3.63, 3.8) is 0 Å². The highest BCUT2D eigenvalue weighted by atomic mass is 32.2. The second kappa shape index (κ2) is 10.8. The molecule has 0 bridgehead atoms. The van der Waals surface area contributed by atoms with Gasteiger partial charge in [-0.25, -0.2) is 8.42 Å². The van der Waals surface area contributed by atoms with Gasteiger partial charge in [-0.2, -0.15) is 4.31 Å². The van der Waals surface area contributed by atoms with Crippen LogP contribution in [0.3, 0.4) is 0 Å². The van der Waals surface area contributed by atoms with E-state index in [0.717, 1.165) is 18.6 Å². The molecule has 1 aromatic carbocycles. The first-order valence-electron chi connectivity index (χ1n) is 11.9. The van der Waals surface area contributed by atoms with Crippen LogP contribution < -0.4 is 10.1 Å². The van der Waals surface area contributed by atoms with Gasteiger partial charge in [0.2, 0.25) is 15.9 Å². The van der Waals surface area contributed by atoms with Crippen molar-refractivity contribution in [2.45, 2.75) is 42.9 Å². The number of carbonyl (C=O) groups excluding carboxylic acids is 1. The SMILES string of the molecule is CCOc1ccc(C2(CNC(=O)C3CCN(S(=O)(=O)c4cccnc4)CC3)CCOCC2)cc1. The van der Waals surface area contributed by atoms with Crippen LogP contribution in [0.5, 0.6) is 5.75 Å². The van der Waals surface area contributed by atoms with E-state index in [4.69, 9.17) is 9.47 Å². The van der Waals surface area contributed by atoms with Crippen LogP contribution in [0.25, 0.3) is 0 Å². The smallest absolute Gasteiger partial charge is 0.244 e. The molecule has 4 rings (SSSR count). The number of benzene rings is 1. The number of pyridine rings is 1. The van der Waals surface area contributed by atoms with Gasteiger partial charge in [0, 0.05) is 56.6 Å². The summed E-state index contributed by atoms with van der Waals surface area (Å²) in [5.41, 5.74) is 1.00. The minimum Gasteiger partial charge on any atom is -0.494 e. The number of sulfonamides is 1. The topological polar surface area (TPSA) is 97.8 Å². The minimum absolute atomic E-state index is 0.00442. The van der Waals surface area contributed by atoms with Gasteiger partial charge >= 0.3 is 0 Å². The van der Waals surface area contributed by atoms with Crippen LogP contribution in [0.15, 0.2) is 53.7 Å². The molecule has 3 heterocycles. The predicted molar refractivity (Wildman–Crippen MR) is 128 cm³/mol. The van der Waals surface area contributed by atoms with Gasteiger partial charge in [-0.15, -0.1) is 0 Å². The molecule has 8 nitrogen and oxygen atoms in total. The van der Waals surface area contributed by atoms with Gasteiger partial charge in [0.15, 0.2) is 0 Å². The molecule has 0 saturated carbocycles. The van der Waals surface area contributed by atoms with Crippen LogP contribution in [0, 0.1) is 5.92 Å². The molecular formula is C25H33N3O5S. The number of piperidine rings is 1. The number of hydrogen-bond donors (Lipinski definition) is 1. The van der Waals surface area contributed by atoms with Crippen LogP contribution in [0.1, 0.15) is 38.2 Å². The molecule has 34 heavy (non-hydrogen) atoms. The van der Waals surface area contributed by atoms with Crippen molar-refractivity contribution in [3.05, 3.63) is 54.4 Å². The average Bonchev–Trinajstić information content (AvgIpc) is 2.89. The largest absolute Gasteiger partial charge is 0.494 e. The van der Waals surface area contributed by atoms with E-state index >= 15 is 0 Å². The van der Waals surface area contributed by atoms with Crippen LogP contribution in [-0.2, 0) is 25.0 Å². The molecule has 1 N–H and O–H groups in total. The Kier molecular flexibility index (Phi) is 7.85. The van der Waals surface area contributed by atoms with Crippen molar-refractivity contribution in [2.24, 2.45) is 5.92 Å². The molecule has 2 fully saturated rings. The fourth-order valence-corrected chi connectivity index (χ4v) is 6.24. The van der Waals surface area contributed by atoms with Crippen LogP contribution >= 0.6 is 0 Å². The van der Waals surface area contributed by atoms with Gasteiger partial charge < -0.3 is 14.8 Å². The predicted octanol–water partition coefficient (Wildman–Crippen LogP) is 2.75. The molecule has 0 atom stereocenters. The highest BCUT2D eigenvalue weighted by Crippen LogP contribution is 2.35. The van der Waals surface area contributed by atoms with E-state index in [-0.39, 0.29) is 22.1 Å². The number of ether oxygens (including phenoxy) is 2. The quantitative estimate of drug-likeness (QED) is 0.615. The molecule has 1 amide bonds. The molecule has 184 valence electrons. The van der Waals surface area contributed by atoms with Crippen molar-refractivity contribution in [1.82, 2.24) is 14.6 Å². The van der Waals surface area contributed by atoms with Crippen molar-refractivity contribution in [2.75, 3.05) is 39.5 Å². The molecule has 1 aromatic heterocycles. The first-order chi connectivity index (χ1) is 16.4. The average molecular weight is 488 g/mol. The maximum atomic E-state index is 13.0. The first kappa shape index (κ1) is 24.6. The number of nitrogens with zero attached hydrogens (tertiary/aromatic N) is 2. The summed E-state index contributed by atoms with van der Waals surface area (Å²) in [5.74, 6) is 0.637. The Labute approximate surface area is 201 Å². The number of hydrogen-bond acceptors (Lipinski definition) is 6. The summed E-state index contributed by atoms with van der Waals surface area (Å²) < 4.78 is 38.3. The van der Waals surface area contributed by atoms with Crippen molar-refractivity contribution >= 4 is 15.9 Å². The summed E-state index contributed by atoms with van der Waals surface area (Å²) in [5, 5.41) is 3.18. The summed E-state index contributed by atoms with van der Waals surface area (Å²) in [4.78, 5) is 17.1. The Morgan fingerprint density at radius 3 is 2.50 bits per heavy atom. The van der Waals surface area contributed by atoms with E-state index in [0.29, 0.717) is 52.3 Å². The second-order valence-corrected chi connectivity index (χ2v) is 10.9. The molecule has 9 heteroatoms. The Morgan fingerprint density at radius 2 is 1.88 bits per heavy atom. The van der Waals surface area contributed by atoms with Gasteiger partial charge in [-0.3, -0.25) is 9.78 Å². The highest BCUT2D eigenvalue weighted by Gasteiger charge is 2.37. The molecule has 0 spiro atoms. The Hall–Kier alpha value is -2.49. The number of rotatable bonds is 8. The van der Waals surface area contributed by atoms with Gasteiger partial charge in [-0.1, -0.05) is 12.1 Å². The number of carbonyl (C=O) groups is 1. The van der Waals surface area contributed by atoms with E-state index in [1.54, 1.807) is 18.3 Å². The fraction of sp³-hybridized carbons (Fsp3) is 0.520. The summed E-state index contributed by atoms with van der Waals surface area (Å²) in [6.07, 6.45) is 5.59. The molecule has 2 aromatic rings. The normalized spacial score (nSPS) is 19.4. The molecule has 2 aliphatic heterocycles. The van der Waals surface area contributed by atoms with E-state index in [9.17, 15) is 13.2 Å². The molecule has 0 radical (unpaired) electrons. The van der Waals surface area contributed by atoms with E-state index in [1.807, 2.05) is 19.1 Å². The molecular weight excluding hydrogens is 454 g/mol. The van der Waals surface area contributed by atoms with Crippen molar-refractivity contribution in [3.8, 4) is 5.75 Å². The van der Waals surface area contributed by atoms with Crippen molar-refractivity contribution in [1.29, 1.82) is 0 Å². The Bertz CT molecular complexity index is 1050. The van der Waals surface area contributed by atoms with Crippen LogP contribution in [-0.4, -0.2) is 63.1 Å². The van der Waals surface area contributed by atoms with Gasteiger partial charge in [0.1, 0.15) is 10.6 Å². The van der Waals surface area contributed by atoms with E-state index in [1.165, 1.54) is 16.1 Å². The van der Waals surface area contributed by atoms with E-state index < -0.39 is 10.0 Å². The highest BCUT2D eigenvalue weighted by molar-refractivity contribution is 7.89. The lowest BCUT2D eigenvalue weighted by molar-refractivity contribution is -0.126. The van der Waals surface area contributed by atoms with Crippen LogP contribution in [0.4, 0.5) is 0 Å². The lowest BCUT2D eigenvalue weighted by atomic mass is 9.74. The minimum atomic E-state index is -3.58. The second-order valence-electron chi connectivity index (χ2n) is 8.93. The third-order valence-electron chi connectivity index (χ3n) is 6.93. The van der Waals surface area contributed by atoms with Gasteiger partial charge in [0.25, 0.3) is 0 Å². The zero-order valence-corrected chi connectivity index (χ0v) is 20.4. The number of amides is 1. The maximum absolute atomic E-state index is 13.0. The number of aromatic nitrogens is 1. The third kappa shape index (κ3) is 5.42. The van der Waals surface area contributed by atoms with Crippen molar-refractivity contribution < 1.29 is 22.7 Å². The van der Waals surface area contributed by atoms with Gasteiger partial charge in [0.05, 0.1) is 6.61 Å². The van der Waals surface area contributed by atoms with E-state index in [2.05, 4.69) is 22.4 Å². The molecule has 0 unspecified atom stereocenters. The summed E-state index contributed by atoms with van der Waals surface area (Å²) in [7, 11) is -3.58. The lowest BCUT2D eigenvalue weighted by Crippen LogP contribution is -2.48. The lowest BCUT2D eigenvalue weighted by Gasteiger charge is -2.38. The maximum Gasteiger partial charge on any atom is 0.244 e. The summed E-state index contributed by atoms with van der Waals surface area (Å²) >= 11 is 0. The monoisotopic (exact) mass is 487 g/mol. The third-order valence-corrected chi connectivity index (χ3v) is 8.81. The first-order valence-corrected chi connectivity index (χ1v) is 13.4. The summed E-state index contributed by atoms with van der Waals surface area (Å²) in [6, 6.07) is 11.3. The Morgan fingerprint density at radius 1 is 1.18 bits per heavy atom. The molecule has 0 aliphatic carbocycles.